The van der Waals surface area contributed by atoms with E-state index in [4.69, 9.17) is 9.47 Å². The molecule has 0 saturated heterocycles. The average Bonchev–Trinajstić information content (AvgIpc) is 2.74. The summed E-state index contributed by atoms with van der Waals surface area (Å²) in [5, 5.41) is 8.63. The first kappa shape index (κ1) is 19.5. The van der Waals surface area contributed by atoms with Gasteiger partial charge in [0.2, 0.25) is 5.91 Å². The van der Waals surface area contributed by atoms with Crippen LogP contribution in [-0.2, 0) is 9.53 Å². The Hall–Kier alpha value is -3.31. The molecule has 3 aromatic carbocycles. The van der Waals surface area contributed by atoms with E-state index in [0.717, 1.165) is 17.0 Å². The highest BCUT2D eigenvalue weighted by Crippen LogP contribution is 2.22. The van der Waals surface area contributed by atoms with Gasteiger partial charge in [-0.05, 0) is 35.2 Å². The first-order valence-electron chi connectivity index (χ1n) is 9.15. The van der Waals surface area contributed by atoms with Gasteiger partial charge in [-0.15, -0.1) is 0 Å². The summed E-state index contributed by atoms with van der Waals surface area (Å²) in [5.41, 5.74) is 1.99. The number of nitrogens with one attached hydrogen (secondary N) is 2. The third-order valence-electron chi connectivity index (χ3n) is 4.18. The molecular formula is C23H24N2O3. The van der Waals surface area contributed by atoms with Crippen molar-refractivity contribution in [3.63, 3.8) is 0 Å². The quantitative estimate of drug-likeness (QED) is 0.336. The van der Waals surface area contributed by atoms with Crippen molar-refractivity contribution in [1.82, 2.24) is 5.32 Å². The molecule has 5 heteroatoms. The van der Waals surface area contributed by atoms with Gasteiger partial charge in [-0.2, -0.15) is 0 Å². The van der Waals surface area contributed by atoms with Crippen molar-refractivity contribution >= 4 is 28.4 Å². The van der Waals surface area contributed by atoms with Crippen molar-refractivity contribution < 1.29 is 14.3 Å². The number of hydrogen-bond acceptors (Lipinski definition) is 4. The molecule has 5 nitrogen and oxygen atoms in total. The number of methoxy groups -OCH3 is 1. The summed E-state index contributed by atoms with van der Waals surface area (Å²) in [5.74, 6) is 0.599. The highest BCUT2D eigenvalue weighted by atomic mass is 16.7. The Morgan fingerprint density at radius 1 is 0.964 bits per heavy atom. The van der Waals surface area contributed by atoms with Gasteiger partial charge in [0.1, 0.15) is 5.75 Å². The van der Waals surface area contributed by atoms with E-state index in [2.05, 4.69) is 28.8 Å². The minimum atomic E-state index is -0.126. The predicted octanol–water partition coefficient (Wildman–Crippen LogP) is 4.06. The number of carbonyl (C=O) groups excluding carboxylic acids is 1. The zero-order valence-corrected chi connectivity index (χ0v) is 15.9. The average molecular weight is 376 g/mol. The standard InChI is InChI=1S/C23H24N2O3/c1-27-17-28-20-12-9-18(10-13-20)11-14-23(26)25-16-15-24-22-8-4-6-19-5-2-3-7-21(19)22/h2-14,24H,15-17H2,1H3,(H,25,26)/b14-11+. The van der Waals surface area contributed by atoms with E-state index in [0.29, 0.717) is 13.1 Å². The van der Waals surface area contributed by atoms with E-state index in [1.54, 1.807) is 13.2 Å². The lowest BCUT2D eigenvalue weighted by atomic mass is 10.1. The summed E-state index contributed by atoms with van der Waals surface area (Å²) in [7, 11) is 1.58. The molecule has 0 spiro atoms. The maximum absolute atomic E-state index is 12.0. The summed E-state index contributed by atoms with van der Waals surface area (Å²) in [6.07, 6.45) is 3.30. The molecular weight excluding hydrogens is 352 g/mol. The van der Waals surface area contributed by atoms with Crippen molar-refractivity contribution in [3.8, 4) is 5.75 Å². The van der Waals surface area contributed by atoms with Gasteiger partial charge in [-0.3, -0.25) is 4.79 Å². The number of carbonyl (C=O) groups is 1. The summed E-state index contributed by atoms with van der Waals surface area (Å²) >= 11 is 0. The molecule has 0 atom stereocenters. The van der Waals surface area contributed by atoms with Gasteiger partial charge in [-0.25, -0.2) is 0 Å². The van der Waals surface area contributed by atoms with E-state index in [9.17, 15) is 4.79 Å². The molecule has 144 valence electrons. The third-order valence-corrected chi connectivity index (χ3v) is 4.18. The molecule has 3 rings (SSSR count). The van der Waals surface area contributed by atoms with Crippen molar-refractivity contribution in [2.45, 2.75) is 0 Å². The van der Waals surface area contributed by atoms with Gasteiger partial charge in [-0.1, -0.05) is 48.5 Å². The van der Waals surface area contributed by atoms with Crippen molar-refractivity contribution in [3.05, 3.63) is 78.4 Å². The Bertz CT molecular complexity index is 931. The smallest absolute Gasteiger partial charge is 0.244 e. The van der Waals surface area contributed by atoms with Gasteiger partial charge in [0.15, 0.2) is 6.79 Å². The van der Waals surface area contributed by atoms with Crippen LogP contribution in [0.4, 0.5) is 5.69 Å². The molecule has 0 unspecified atom stereocenters. The first-order chi connectivity index (χ1) is 13.8. The number of fused-ring (bicyclic) bond motifs is 1. The normalized spacial score (nSPS) is 10.9. The molecule has 0 aliphatic rings. The molecule has 0 bridgehead atoms. The maximum Gasteiger partial charge on any atom is 0.244 e. The number of amides is 1. The van der Waals surface area contributed by atoms with Gasteiger partial charge >= 0.3 is 0 Å². The maximum atomic E-state index is 12.0. The number of anilines is 1. The molecule has 0 heterocycles. The topological polar surface area (TPSA) is 59.6 Å². The Morgan fingerprint density at radius 3 is 2.57 bits per heavy atom. The van der Waals surface area contributed by atoms with E-state index < -0.39 is 0 Å². The Kier molecular flexibility index (Phi) is 7.04. The van der Waals surface area contributed by atoms with E-state index >= 15 is 0 Å². The molecule has 0 fully saturated rings. The van der Waals surface area contributed by atoms with Gasteiger partial charge < -0.3 is 20.1 Å². The summed E-state index contributed by atoms with van der Waals surface area (Å²) < 4.78 is 10.2. The van der Waals surface area contributed by atoms with Crippen LogP contribution in [0.1, 0.15) is 5.56 Å². The predicted molar refractivity (Wildman–Crippen MR) is 113 cm³/mol. The lowest BCUT2D eigenvalue weighted by Crippen LogP contribution is -2.27. The zero-order chi connectivity index (χ0) is 19.6. The molecule has 0 radical (unpaired) electrons. The van der Waals surface area contributed by atoms with Crippen LogP contribution in [0, 0.1) is 0 Å². The monoisotopic (exact) mass is 376 g/mol. The molecule has 0 aliphatic carbocycles. The summed E-state index contributed by atoms with van der Waals surface area (Å²) in [6, 6.07) is 21.8. The van der Waals surface area contributed by atoms with Crippen molar-refractivity contribution in [1.29, 1.82) is 0 Å². The fourth-order valence-electron chi connectivity index (χ4n) is 2.80. The second-order valence-electron chi connectivity index (χ2n) is 6.20. The number of hydrogen-bond donors (Lipinski definition) is 2. The van der Waals surface area contributed by atoms with Crippen LogP contribution in [-0.4, -0.2) is 32.9 Å². The van der Waals surface area contributed by atoms with Gasteiger partial charge in [0, 0.05) is 37.3 Å². The number of ether oxygens (including phenoxy) is 2. The molecule has 1 amide bonds. The van der Waals surface area contributed by atoms with Crippen LogP contribution in [0.5, 0.6) is 5.75 Å². The van der Waals surface area contributed by atoms with Crippen LogP contribution >= 0.6 is 0 Å². The second-order valence-corrected chi connectivity index (χ2v) is 6.20. The highest BCUT2D eigenvalue weighted by molar-refractivity contribution is 5.94. The molecule has 0 saturated carbocycles. The number of benzene rings is 3. The lowest BCUT2D eigenvalue weighted by Gasteiger charge is -2.10. The van der Waals surface area contributed by atoms with Gasteiger partial charge in [0.05, 0.1) is 0 Å². The van der Waals surface area contributed by atoms with Crippen molar-refractivity contribution in [2.24, 2.45) is 0 Å². The Morgan fingerprint density at radius 2 is 1.75 bits per heavy atom. The zero-order valence-electron chi connectivity index (χ0n) is 15.9. The molecule has 3 aromatic rings. The Labute approximate surface area is 165 Å². The molecule has 0 aromatic heterocycles. The largest absolute Gasteiger partial charge is 0.468 e. The SMILES string of the molecule is COCOc1ccc(/C=C/C(=O)NCCNc2cccc3ccccc23)cc1. The molecule has 0 aliphatic heterocycles. The van der Waals surface area contributed by atoms with Gasteiger partial charge in [0.25, 0.3) is 0 Å². The van der Waals surface area contributed by atoms with Crippen molar-refractivity contribution in [2.75, 3.05) is 32.3 Å². The fourth-order valence-corrected chi connectivity index (χ4v) is 2.80. The summed E-state index contributed by atoms with van der Waals surface area (Å²) in [4.78, 5) is 12.0. The Balaban J connectivity index is 1.43. The minimum absolute atomic E-state index is 0.126. The molecule has 2 N–H and O–H groups in total. The van der Waals surface area contributed by atoms with E-state index in [1.807, 2.05) is 48.5 Å². The summed E-state index contributed by atoms with van der Waals surface area (Å²) in [6.45, 7) is 1.40. The first-order valence-corrected chi connectivity index (χ1v) is 9.15. The minimum Gasteiger partial charge on any atom is -0.468 e. The second kappa shape index (κ2) is 10.1. The van der Waals surface area contributed by atoms with Crippen LogP contribution in [0.3, 0.4) is 0 Å². The van der Waals surface area contributed by atoms with Crippen LogP contribution < -0.4 is 15.4 Å². The van der Waals surface area contributed by atoms with E-state index in [1.165, 1.54) is 16.8 Å². The van der Waals surface area contributed by atoms with Crippen LogP contribution in [0.15, 0.2) is 72.8 Å². The van der Waals surface area contributed by atoms with Crippen LogP contribution in [0.2, 0.25) is 0 Å². The molecule has 28 heavy (non-hydrogen) atoms. The fraction of sp³-hybridized carbons (Fsp3) is 0.174. The third kappa shape index (κ3) is 5.59. The highest BCUT2D eigenvalue weighted by Gasteiger charge is 2.00. The lowest BCUT2D eigenvalue weighted by molar-refractivity contribution is -0.116. The van der Waals surface area contributed by atoms with Crippen LogP contribution in [0.25, 0.3) is 16.8 Å². The number of rotatable bonds is 9. The van der Waals surface area contributed by atoms with E-state index in [-0.39, 0.29) is 12.7 Å².